The first-order valence-corrected chi connectivity index (χ1v) is 16.5. The van der Waals surface area contributed by atoms with Crippen LogP contribution in [0.25, 0.3) is 77.7 Å². The Morgan fingerprint density at radius 3 is 1.79 bits per heavy atom. The van der Waals surface area contributed by atoms with Crippen molar-refractivity contribution in [3.8, 4) is 56.2 Å². The van der Waals surface area contributed by atoms with E-state index in [1.807, 2.05) is 6.21 Å². The Hall–Kier alpha value is -6.19. The number of rotatable bonds is 5. The molecule has 1 aromatic heterocycles. The van der Waals surface area contributed by atoms with Gasteiger partial charge in [-0.3, -0.25) is 4.99 Å². The third-order valence-corrected chi connectivity index (χ3v) is 9.41. The summed E-state index contributed by atoms with van der Waals surface area (Å²) in [7, 11) is 0. The minimum absolute atomic E-state index is 0.717. The Bertz CT molecular complexity index is 2500. The van der Waals surface area contributed by atoms with Gasteiger partial charge in [-0.05, 0) is 80.4 Å². The molecular weight excluding hydrogens is 583 g/mol. The van der Waals surface area contributed by atoms with Gasteiger partial charge in [-0.2, -0.15) is 0 Å². The van der Waals surface area contributed by atoms with Crippen molar-refractivity contribution in [2.75, 3.05) is 0 Å². The average molecular weight is 614 g/mol. The normalized spacial score (nSPS) is 12.3. The van der Waals surface area contributed by atoms with Gasteiger partial charge < -0.3 is 0 Å². The Labute approximate surface area is 280 Å². The van der Waals surface area contributed by atoms with Gasteiger partial charge in [-0.15, -0.1) is 0 Å². The summed E-state index contributed by atoms with van der Waals surface area (Å²) >= 11 is 0. The van der Waals surface area contributed by atoms with Crippen LogP contribution in [0.4, 0.5) is 5.69 Å². The van der Waals surface area contributed by atoms with Crippen molar-refractivity contribution in [1.82, 2.24) is 9.97 Å². The summed E-state index contributed by atoms with van der Waals surface area (Å²) in [6.07, 6.45) is 3.98. The number of aliphatic imine (C=N–C) groups is 1. The van der Waals surface area contributed by atoms with E-state index in [1.165, 1.54) is 44.0 Å². The smallest absolute Gasteiger partial charge is 0.161 e. The first kappa shape index (κ1) is 28.1. The molecule has 0 amide bonds. The summed E-state index contributed by atoms with van der Waals surface area (Å²) in [6, 6.07) is 55.9. The molecule has 2 heterocycles. The second-order valence-electron chi connectivity index (χ2n) is 12.3. The molecule has 0 saturated carbocycles. The molecule has 0 fully saturated rings. The molecule has 0 atom stereocenters. The van der Waals surface area contributed by atoms with E-state index in [0.29, 0.717) is 5.82 Å². The summed E-state index contributed by atoms with van der Waals surface area (Å²) in [6.45, 7) is 0. The third-order valence-electron chi connectivity index (χ3n) is 9.41. The molecule has 0 N–H and O–H groups in total. The first-order chi connectivity index (χ1) is 23.8. The summed E-state index contributed by atoms with van der Waals surface area (Å²) in [5.41, 5.74) is 12.1. The van der Waals surface area contributed by atoms with Crippen molar-refractivity contribution in [2.24, 2.45) is 4.99 Å². The first-order valence-electron chi connectivity index (χ1n) is 16.5. The van der Waals surface area contributed by atoms with E-state index in [0.717, 1.165) is 52.0 Å². The molecule has 226 valence electrons. The highest BCUT2D eigenvalue weighted by Gasteiger charge is 2.16. The summed E-state index contributed by atoms with van der Waals surface area (Å²) < 4.78 is 0. The van der Waals surface area contributed by atoms with E-state index in [2.05, 4.69) is 163 Å². The van der Waals surface area contributed by atoms with Gasteiger partial charge in [-0.25, -0.2) is 9.97 Å². The summed E-state index contributed by atoms with van der Waals surface area (Å²) in [5.74, 6) is 0.717. The number of hydrogen-bond donors (Lipinski definition) is 0. The van der Waals surface area contributed by atoms with E-state index in [-0.39, 0.29) is 0 Å². The summed E-state index contributed by atoms with van der Waals surface area (Å²) in [4.78, 5) is 15.1. The quantitative estimate of drug-likeness (QED) is 0.194. The van der Waals surface area contributed by atoms with Gasteiger partial charge in [0.25, 0.3) is 0 Å². The molecule has 3 heteroatoms. The molecule has 9 rings (SSSR count). The molecule has 1 aliphatic rings. The maximum Gasteiger partial charge on any atom is 0.161 e. The topological polar surface area (TPSA) is 38.1 Å². The van der Waals surface area contributed by atoms with Crippen molar-refractivity contribution in [3.63, 3.8) is 0 Å². The number of nitrogens with zero attached hydrogens (tertiary/aromatic N) is 3. The van der Waals surface area contributed by atoms with Gasteiger partial charge in [-0.1, -0.05) is 140 Å². The lowest BCUT2D eigenvalue weighted by molar-refractivity contribution is 1.03. The van der Waals surface area contributed by atoms with Gasteiger partial charge in [0.1, 0.15) is 0 Å². The molecule has 0 saturated heterocycles. The predicted octanol–water partition coefficient (Wildman–Crippen LogP) is 11.8. The molecule has 0 bridgehead atoms. The van der Waals surface area contributed by atoms with Gasteiger partial charge in [0.2, 0.25) is 0 Å². The lowest BCUT2D eigenvalue weighted by atomic mass is 9.92. The number of benzene rings is 7. The van der Waals surface area contributed by atoms with Crippen molar-refractivity contribution < 1.29 is 0 Å². The second-order valence-corrected chi connectivity index (χ2v) is 12.3. The Kier molecular flexibility index (Phi) is 6.94. The molecule has 0 unspecified atom stereocenters. The highest BCUT2D eigenvalue weighted by molar-refractivity contribution is 5.97. The zero-order valence-electron chi connectivity index (χ0n) is 26.3. The zero-order valence-corrected chi connectivity index (χ0v) is 26.3. The molecule has 0 aliphatic carbocycles. The van der Waals surface area contributed by atoms with Crippen LogP contribution in [-0.2, 0) is 6.42 Å². The van der Waals surface area contributed by atoms with Crippen molar-refractivity contribution in [2.45, 2.75) is 12.8 Å². The molecule has 0 radical (unpaired) electrons. The van der Waals surface area contributed by atoms with E-state index in [9.17, 15) is 0 Å². The zero-order chi connectivity index (χ0) is 31.9. The standard InChI is InChI=1S/C45H31N3/c1-3-16-36-30(10-1)12-6-18-37(36)32-23-25-33(26-24-32)43-29-44(48-45(47-43)41-20-7-13-31-11-2-4-17-38(31)41)35-15-5-14-34(28-35)39-19-8-22-42-40(39)21-9-27-46-42/h1-8,10-20,22-29H,9,21H2. The molecule has 7 aromatic carbocycles. The largest absolute Gasteiger partial charge is 0.261 e. The lowest BCUT2D eigenvalue weighted by Crippen LogP contribution is -1.98. The highest BCUT2D eigenvalue weighted by atomic mass is 14.9. The van der Waals surface area contributed by atoms with Crippen molar-refractivity contribution in [1.29, 1.82) is 0 Å². The van der Waals surface area contributed by atoms with Gasteiger partial charge in [0.15, 0.2) is 5.82 Å². The predicted molar refractivity (Wildman–Crippen MR) is 201 cm³/mol. The van der Waals surface area contributed by atoms with Crippen LogP contribution in [0.2, 0.25) is 0 Å². The van der Waals surface area contributed by atoms with E-state index < -0.39 is 0 Å². The SMILES string of the molecule is C1=Nc2cccc(-c3cccc(-c4cc(-c5ccc(-c6cccc7ccccc67)cc5)nc(-c5cccc6ccccc56)n4)c3)c2CC1. The van der Waals surface area contributed by atoms with Crippen LogP contribution in [0.1, 0.15) is 12.0 Å². The van der Waals surface area contributed by atoms with Gasteiger partial charge in [0.05, 0.1) is 17.1 Å². The fourth-order valence-corrected chi connectivity index (χ4v) is 7.03. The summed E-state index contributed by atoms with van der Waals surface area (Å²) in [5, 5.41) is 4.80. The van der Waals surface area contributed by atoms with Crippen LogP contribution in [-0.4, -0.2) is 16.2 Å². The Balaban J connectivity index is 1.19. The number of hydrogen-bond acceptors (Lipinski definition) is 3. The molecule has 8 aromatic rings. The minimum Gasteiger partial charge on any atom is -0.261 e. The van der Waals surface area contributed by atoms with Crippen LogP contribution >= 0.6 is 0 Å². The van der Waals surface area contributed by atoms with Crippen LogP contribution < -0.4 is 0 Å². The van der Waals surface area contributed by atoms with Gasteiger partial charge >= 0.3 is 0 Å². The second kappa shape index (κ2) is 11.9. The van der Waals surface area contributed by atoms with Gasteiger partial charge in [0, 0.05) is 22.9 Å². The molecular formula is C45H31N3. The molecule has 1 aliphatic heterocycles. The van der Waals surface area contributed by atoms with E-state index >= 15 is 0 Å². The van der Waals surface area contributed by atoms with Crippen LogP contribution in [0, 0.1) is 0 Å². The fourth-order valence-electron chi connectivity index (χ4n) is 7.03. The molecule has 3 nitrogen and oxygen atoms in total. The number of aromatic nitrogens is 2. The Morgan fingerprint density at radius 1 is 0.417 bits per heavy atom. The maximum atomic E-state index is 5.24. The Morgan fingerprint density at radius 2 is 1.00 bits per heavy atom. The monoisotopic (exact) mass is 613 g/mol. The average Bonchev–Trinajstić information content (AvgIpc) is 3.17. The lowest BCUT2D eigenvalue weighted by Gasteiger charge is -2.16. The van der Waals surface area contributed by atoms with Crippen LogP contribution in [0.15, 0.2) is 163 Å². The third kappa shape index (κ3) is 5.06. The highest BCUT2D eigenvalue weighted by Crippen LogP contribution is 2.37. The van der Waals surface area contributed by atoms with E-state index in [1.54, 1.807) is 0 Å². The van der Waals surface area contributed by atoms with Crippen LogP contribution in [0.3, 0.4) is 0 Å². The van der Waals surface area contributed by atoms with E-state index in [4.69, 9.17) is 9.97 Å². The molecule has 0 spiro atoms. The van der Waals surface area contributed by atoms with Crippen molar-refractivity contribution >= 4 is 33.4 Å². The van der Waals surface area contributed by atoms with Crippen LogP contribution in [0.5, 0.6) is 0 Å². The number of fused-ring (bicyclic) bond motifs is 3. The molecule has 48 heavy (non-hydrogen) atoms. The minimum atomic E-state index is 0.717. The maximum absolute atomic E-state index is 5.24. The van der Waals surface area contributed by atoms with Crippen molar-refractivity contribution in [3.05, 3.63) is 163 Å². The fraction of sp³-hybridized carbons (Fsp3) is 0.0444.